The molecular weight excluding hydrogens is 448 g/mol. The molecule has 7 nitrogen and oxygen atoms in total. The molecule has 3 aromatic rings. The molecule has 0 saturated carbocycles. The number of hydrogen-bond donors (Lipinski definition) is 1. The third-order valence-electron chi connectivity index (χ3n) is 8.22. The van der Waals surface area contributed by atoms with Crippen LogP contribution >= 0.6 is 0 Å². The van der Waals surface area contributed by atoms with E-state index >= 15 is 0 Å². The van der Waals surface area contributed by atoms with Gasteiger partial charge in [-0.1, -0.05) is 13.0 Å². The number of piperidine rings is 2. The maximum atomic E-state index is 13.5. The quantitative estimate of drug-likeness (QED) is 0.582. The number of carbonyl (C=O) groups excluding carboxylic acids is 1. The Morgan fingerprint density at radius 3 is 2.31 bits per heavy atom. The van der Waals surface area contributed by atoms with E-state index in [1.54, 1.807) is 18.6 Å². The van der Waals surface area contributed by atoms with Crippen molar-refractivity contribution in [1.82, 2.24) is 24.8 Å². The van der Waals surface area contributed by atoms with E-state index in [9.17, 15) is 4.79 Å². The molecule has 36 heavy (non-hydrogen) atoms. The Kier molecular flexibility index (Phi) is 6.75. The van der Waals surface area contributed by atoms with Crippen LogP contribution in [0, 0.1) is 12.3 Å². The normalized spacial score (nSPS) is 17.9. The van der Waals surface area contributed by atoms with Gasteiger partial charge in [-0.3, -0.25) is 4.79 Å². The highest BCUT2D eigenvalue weighted by molar-refractivity contribution is 5.96. The van der Waals surface area contributed by atoms with Crippen LogP contribution < -0.4 is 5.73 Å². The number of nitrogens with zero attached hydrogens (tertiary/aromatic N) is 5. The Morgan fingerprint density at radius 1 is 0.972 bits per heavy atom. The third kappa shape index (κ3) is 4.72. The first-order chi connectivity index (χ1) is 17.4. The fourth-order valence-corrected chi connectivity index (χ4v) is 5.76. The summed E-state index contributed by atoms with van der Waals surface area (Å²) >= 11 is 0. The van der Waals surface area contributed by atoms with Gasteiger partial charge in [0.2, 0.25) is 0 Å². The average Bonchev–Trinajstić information content (AvgIpc) is 2.90. The minimum absolute atomic E-state index is 0.140. The standard InChI is InChI=1S/C29H36N6O/c1-4-24-26(22-6-8-25(30)31-18-22)27(33-19-32-24)21-5-7-23(20(2)17-21)28(36)35-15-11-29(12-16-35)9-13-34(3)14-10-29/h5-8,17-19H,4,9-16H2,1-3H3,(H2,30,31). The summed E-state index contributed by atoms with van der Waals surface area (Å²) < 4.78 is 0. The van der Waals surface area contributed by atoms with E-state index in [1.807, 2.05) is 25.1 Å². The summed E-state index contributed by atoms with van der Waals surface area (Å²) in [5, 5.41) is 0. The van der Waals surface area contributed by atoms with Crippen molar-refractivity contribution >= 4 is 11.7 Å². The van der Waals surface area contributed by atoms with Crippen molar-refractivity contribution in [2.24, 2.45) is 5.41 Å². The molecular formula is C29H36N6O. The molecule has 0 bridgehead atoms. The zero-order chi connectivity index (χ0) is 25.3. The number of anilines is 1. The Hall–Kier alpha value is -3.32. The number of nitrogens with two attached hydrogens (primary N) is 1. The minimum atomic E-state index is 0.140. The third-order valence-corrected chi connectivity index (χ3v) is 8.22. The summed E-state index contributed by atoms with van der Waals surface area (Å²) in [5.74, 6) is 0.620. The predicted molar refractivity (Wildman–Crippen MR) is 144 cm³/mol. The second kappa shape index (κ2) is 9.97. The lowest BCUT2D eigenvalue weighted by Gasteiger charge is -2.46. The number of carbonyl (C=O) groups is 1. The lowest BCUT2D eigenvalue weighted by atomic mass is 9.71. The van der Waals surface area contributed by atoms with Gasteiger partial charge in [-0.15, -0.1) is 0 Å². The summed E-state index contributed by atoms with van der Waals surface area (Å²) in [4.78, 5) is 31.4. The van der Waals surface area contributed by atoms with Crippen molar-refractivity contribution < 1.29 is 4.79 Å². The average molecular weight is 485 g/mol. The van der Waals surface area contributed by atoms with Gasteiger partial charge in [0, 0.05) is 41.5 Å². The molecule has 1 amide bonds. The summed E-state index contributed by atoms with van der Waals surface area (Å²) in [6.07, 6.45) is 8.90. The monoisotopic (exact) mass is 484 g/mol. The van der Waals surface area contributed by atoms with Crippen LogP contribution in [-0.4, -0.2) is 63.9 Å². The van der Waals surface area contributed by atoms with Gasteiger partial charge in [0.1, 0.15) is 12.1 Å². The zero-order valence-electron chi connectivity index (χ0n) is 21.6. The van der Waals surface area contributed by atoms with E-state index in [4.69, 9.17) is 5.73 Å². The zero-order valence-corrected chi connectivity index (χ0v) is 21.6. The highest BCUT2D eigenvalue weighted by atomic mass is 16.2. The SMILES string of the molecule is CCc1ncnc(-c2ccc(C(=O)N3CCC4(CCN(C)CC4)CC3)c(C)c2)c1-c1ccc(N)nc1. The summed E-state index contributed by atoms with van der Waals surface area (Å²) in [6.45, 7) is 8.15. The first-order valence-electron chi connectivity index (χ1n) is 13.0. The largest absolute Gasteiger partial charge is 0.384 e. The number of benzene rings is 1. The van der Waals surface area contributed by atoms with Crippen LogP contribution in [0.1, 0.15) is 54.2 Å². The molecule has 0 unspecified atom stereocenters. The molecule has 188 valence electrons. The van der Waals surface area contributed by atoms with Gasteiger partial charge in [-0.2, -0.15) is 0 Å². The molecule has 2 aliphatic heterocycles. The van der Waals surface area contributed by atoms with Crippen LogP contribution in [0.4, 0.5) is 5.82 Å². The lowest BCUT2D eigenvalue weighted by molar-refractivity contribution is 0.0352. The van der Waals surface area contributed by atoms with Crippen LogP contribution in [0.2, 0.25) is 0 Å². The highest BCUT2D eigenvalue weighted by Crippen LogP contribution is 2.41. The predicted octanol–water partition coefficient (Wildman–Crippen LogP) is 4.61. The number of aromatic nitrogens is 3. The molecule has 2 aromatic heterocycles. The van der Waals surface area contributed by atoms with Gasteiger partial charge in [0.15, 0.2) is 0 Å². The maximum absolute atomic E-state index is 13.5. The number of rotatable bonds is 4. The molecule has 1 aromatic carbocycles. The summed E-state index contributed by atoms with van der Waals surface area (Å²) in [7, 11) is 2.21. The molecule has 1 spiro atoms. The molecule has 2 N–H and O–H groups in total. The van der Waals surface area contributed by atoms with E-state index in [-0.39, 0.29) is 5.91 Å². The molecule has 0 aliphatic carbocycles. The molecule has 4 heterocycles. The van der Waals surface area contributed by atoms with Gasteiger partial charge >= 0.3 is 0 Å². The van der Waals surface area contributed by atoms with Crippen molar-refractivity contribution in [3.63, 3.8) is 0 Å². The molecule has 2 fully saturated rings. The van der Waals surface area contributed by atoms with Gasteiger partial charge in [0.25, 0.3) is 5.91 Å². The second-order valence-corrected chi connectivity index (χ2v) is 10.5. The van der Waals surface area contributed by atoms with Crippen molar-refractivity contribution in [3.8, 4) is 22.4 Å². The molecule has 0 radical (unpaired) electrons. The Balaban J connectivity index is 1.39. The van der Waals surface area contributed by atoms with Crippen LogP contribution in [0.5, 0.6) is 0 Å². The van der Waals surface area contributed by atoms with Crippen molar-refractivity contribution in [3.05, 3.63) is 59.7 Å². The molecule has 2 saturated heterocycles. The summed E-state index contributed by atoms with van der Waals surface area (Å²) in [6, 6.07) is 9.81. The van der Waals surface area contributed by atoms with Gasteiger partial charge in [-0.25, -0.2) is 15.0 Å². The van der Waals surface area contributed by atoms with E-state index in [1.165, 1.54) is 25.9 Å². The van der Waals surface area contributed by atoms with Crippen LogP contribution in [0.25, 0.3) is 22.4 Å². The van der Waals surface area contributed by atoms with Gasteiger partial charge in [-0.05, 0) is 94.4 Å². The van der Waals surface area contributed by atoms with Crippen LogP contribution in [0.3, 0.4) is 0 Å². The first kappa shape index (κ1) is 24.4. The molecule has 0 atom stereocenters. The molecule has 7 heteroatoms. The van der Waals surface area contributed by atoms with E-state index in [0.29, 0.717) is 11.2 Å². The smallest absolute Gasteiger partial charge is 0.254 e. The number of pyridine rings is 1. The Morgan fingerprint density at radius 2 is 1.67 bits per heavy atom. The number of amides is 1. The van der Waals surface area contributed by atoms with Gasteiger partial charge in [0.05, 0.1) is 11.4 Å². The number of nitrogen functional groups attached to an aromatic ring is 1. The fraction of sp³-hybridized carbons (Fsp3) is 0.448. The van der Waals surface area contributed by atoms with Crippen molar-refractivity contribution in [2.75, 3.05) is 39.0 Å². The van der Waals surface area contributed by atoms with E-state index in [2.05, 4.69) is 44.8 Å². The minimum Gasteiger partial charge on any atom is -0.384 e. The summed E-state index contributed by atoms with van der Waals surface area (Å²) in [5.41, 5.74) is 12.7. The lowest BCUT2D eigenvalue weighted by Crippen LogP contribution is -2.47. The Labute approximate surface area is 213 Å². The molecule has 2 aliphatic rings. The fourth-order valence-electron chi connectivity index (χ4n) is 5.76. The molecule has 5 rings (SSSR count). The van der Waals surface area contributed by atoms with Crippen molar-refractivity contribution in [2.45, 2.75) is 46.0 Å². The van der Waals surface area contributed by atoms with Crippen LogP contribution in [0.15, 0.2) is 42.9 Å². The topological polar surface area (TPSA) is 88.2 Å². The number of hydrogen-bond acceptors (Lipinski definition) is 6. The highest BCUT2D eigenvalue weighted by Gasteiger charge is 2.38. The maximum Gasteiger partial charge on any atom is 0.254 e. The second-order valence-electron chi connectivity index (χ2n) is 10.5. The van der Waals surface area contributed by atoms with Crippen molar-refractivity contribution in [1.29, 1.82) is 0 Å². The van der Waals surface area contributed by atoms with Gasteiger partial charge < -0.3 is 15.5 Å². The number of aryl methyl sites for hydroxylation is 2. The Bertz CT molecular complexity index is 1240. The van der Waals surface area contributed by atoms with E-state index in [0.717, 1.165) is 71.6 Å². The first-order valence-corrected chi connectivity index (χ1v) is 13.0. The van der Waals surface area contributed by atoms with E-state index < -0.39 is 0 Å². The number of likely N-dealkylation sites (tertiary alicyclic amines) is 2. The van der Waals surface area contributed by atoms with Crippen LogP contribution in [-0.2, 0) is 6.42 Å².